The first-order valence-electron chi connectivity index (χ1n) is 9.79. The van der Waals surface area contributed by atoms with Crippen LogP contribution in [0.15, 0.2) is 48.8 Å². The van der Waals surface area contributed by atoms with Crippen LogP contribution in [0.3, 0.4) is 0 Å². The largest absolute Gasteiger partial charge is 0.490 e. The zero-order valence-corrected chi connectivity index (χ0v) is 21.5. The molecule has 0 saturated carbocycles. The van der Waals surface area contributed by atoms with E-state index in [2.05, 4.69) is 42.4 Å². The Morgan fingerprint density at radius 3 is 2.64 bits per heavy atom. The molecule has 33 heavy (non-hydrogen) atoms. The molecule has 0 aliphatic heterocycles. The first-order chi connectivity index (χ1) is 15.8. The molecule has 0 aliphatic carbocycles. The number of halogens is 3. The minimum Gasteiger partial charge on any atom is -0.490 e. The van der Waals surface area contributed by atoms with E-state index in [-0.39, 0.29) is 29.7 Å². The number of fused-ring (bicyclic) bond motifs is 1. The van der Waals surface area contributed by atoms with Crippen LogP contribution in [0.25, 0.3) is 11.0 Å². The maximum Gasteiger partial charge on any atom is 0.344 e. The molecule has 11 heteroatoms. The molecule has 0 spiro atoms. The summed E-state index contributed by atoms with van der Waals surface area (Å²) in [7, 11) is 0. The number of ether oxygens (including phenoxy) is 3. The number of hydrazone groups is 1. The van der Waals surface area contributed by atoms with E-state index in [9.17, 15) is 9.59 Å². The van der Waals surface area contributed by atoms with Crippen LogP contribution >= 0.6 is 43.5 Å². The van der Waals surface area contributed by atoms with Crippen LogP contribution in [-0.2, 0) is 9.53 Å². The summed E-state index contributed by atoms with van der Waals surface area (Å²) in [6, 6.07) is 8.48. The first-order valence-corrected chi connectivity index (χ1v) is 11.8. The number of rotatable bonds is 9. The van der Waals surface area contributed by atoms with E-state index in [4.69, 9.17) is 30.2 Å². The lowest BCUT2D eigenvalue weighted by Crippen LogP contribution is -2.17. The number of carbonyl (C=O) groups excluding carboxylic acids is 2. The quantitative estimate of drug-likeness (QED) is 0.191. The molecule has 0 saturated heterocycles. The van der Waals surface area contributed by atoms with Gasteiger partial charge in [0, 0.05) is 9.86 Å². The molecule has 0 radical (unpaired) electrons. The van der Waals surface area contributed by atoms with Gasteiger partial charge in [-0.1, -0.05) is 27.5 Å². The van der Waals surface area contributed by atoms with Gasteiger partial charge in [0.25, 0.3) is 0 Å². The summed E-state index contributed by atoms with van der Waals surface area (Å²) in [5.74, 6) is -0.386. The highest BCUT2D eigenvalue weighted by atomic mass is 79.9. The van der Waals surface area contributed by atoms with Crippen molar-refractivity contribution in [3.8, 4) is 11.5 Å². The van der Waals surface area contributed by atoms with Crippen LogP contribution in [0.2, 0.25) is 5.02 Å². The Hall–Kier alpha value is -2.56. The van der Waals surface area contributed by atoms with Crippen LogP contribution < -0.4 is 14.9 Å². The molecule has 0 atom stereocenters. The zero-order valence-electron chi connectivity index (χ0n) is 17.6. The molecule has 0 aliphatic rings. The van der Waals surface area contributed by atoms with Crippen molar-refractivity contribution in [2.24, 2.45) is 5.10 Å². The highest BCUT2D eigenvalue weighted by Gasteiger charge is 2.16. The van der Waals surface area contributed by atoms with Crippen molar-refractivity contribution in [3.63, 3.8) is 0 Å². The molecule has 8 nitrogen and oxygen atoms in total. The van der Waals surface area contributed by atoms with Gasteiger partial charge in [-0.25, -0.2) is 10.2 Å². The molecule has 174 valence electrons. The Balaban J connectivity index is 1.73. The SMILES string of the molecule is CCOC(=O)COc1c(Cl)cc(/C=N\NC(=O)c2cc3cc(Br)cc(Br)c3o2)cc1OCC. The Morgan fingerprint density at radius 1 is 1.12 bits per heavy atom. The third-order valence-electron chi connectivity index (χ3n) is 4.11. The number of benzene rings is 2. The van der Waals surface area contributed by atoms with E-state index in [0.717, 1.165) is 14.3 Å². The van der Waals surface area contributed by atoms with Crippen molar-refractivity contribution in [2.45, 2.75) is 13.8 Å². The van der Waals surface area contributed by atoms with Gasteiger partial charge >= 0.3 is 11.9 Å². The van der Waals surface area contributed by atoms with Gasteiger partial charge < -0.3 is 18.6 Å². The van der Waals surface area contributed by atoms with Crippen LogP contribution in [0.4, 0.5) is 0 Å². The summed E-state index contributed by atoms with van der Waals surface area (Å²) in [6.07, 6.45) is 1.40. The van der Waals surface area contributed by atoms with Crippen LogP contribution in [0.1, 0.15) is 30.0 Å². The average Bonchev–Trinajstić information content (AvgIpc) is 3.18. The van der Waals surface area contributed by atoms with Gasteiger partial charge in [-0.15, -0.1) is 0 Å². The maximum absolute atomic E-state index is 12.4. The van der Waals surface area contributed by atoms with Crippen LogP contribution in [0, 0.1) is 0 Å². The lowest BCUT2D eigenvalue weighted by Gasteiger charge is -2.14. The molecule has 0 bridgehead atoms. The number of nitrogens with one attached hydrogen (secondary N) is 1. The number of carbonyl (C=O) groups is 2. The molecule has 0 unspecified atom stereocenters. The molecule has 1 heterocycles. The minimum atomic E-state index is -0.519. The van der Waals surface area contributed by atoms with Gasteiger partial charge in [0.05, 0.1) is 28.9 Å². The summed E-state index contributed by atoms with van der Waals surface area (Å²) in [4.78, 5) is 24.0. The number of hydrogen-bond donors (Lipinski definition) is 1. The van der Waals surface area contributed by atoms with Crippen molar-refractivity contribution in [1.29, 1.82) is 0 Å². The molecule has 1 aromatic heterocycles. The fourth-order valence-electron chi connectivity index (χ4n) is 2.81. The summed E-state index contributed by atoms with van der Waals surface area (Å²) in [6.45, 7) is 3.80. The Labute approximate surface area is 211 Å². The summed E-state index contributed by atoms with van der Waals surface area (Å²) in [5.41, 5.74) is 3.51. The smallest absolute Gasteiger partial charge is 0.344 e. The molecule has 3 aromatic rings. The standard InChI is InChI=1S/C22H19Br2ClN2O6/c1-3-30-17-6-12(5-16(25)21(17)32-11-19(28)31-4-2)10-26-27-22(29)18-8-13-7-14(23)9-15(24)20(13)33-18/h5-10H,3-4,11H2,1-2H3,(H,27,29)/b26-10-. The van der Waals surface area contributed by atoms with Crippen molar-refractivity contribution < 1.29 is 28.2 Å². The van der Waals surface area contributed by atoms with Crippen molar-refractivity contribution in [3.05, 3.63) is 55.6 Å². The van der Waals surface area contributed by atoms with Gasteiger partial charge in [-0.2, -0.15) is 5.10 Å². The molecule has 0 fully saturated rings. The fourth-order valence-corrected chi connectivity index (χ4v) is 4.42. The van der Waals surface area contributed by atoms with Gasteiger partial charge in [0.1, 0.15) is 5.58 Å². The zero-order chi connectivity index (χ0) is 24.0. The second-order valence-electron chi connectivity index (χ2n) is 6.47. The Kier molecular flexibility index (Phi) is 8.76. The summed E-state index contributed by atoms with van der Waals surface area (Å²) >= 11 is 13.1. The maximum atomic E-state index is 12.4. The van der Waals surface area contributed by atoms with E-state index in [1.807, 2.05) is 12.1 Å². The second-order valence-corrected chi connectivity index (χ2v) is 8.65. The first kappa shape index (κ1) is 25.1. The number of hydrogen-bond acceptors (Lipinski definition) is 7. The van der Waals surface area contributed by atoms with Gasteiger partial charge in [-0.05, 0) is 65.7 Å². The topological polar surface area (TPSA) is 99.4 Å². The van der Waals surface area contributed by atoms with E-state index in [0.29, 0.717) is 23.5 Å². The Bertz CT molecular complexity index is 1210. The molecule has 2 aromatic carbocycles. The number of esters is 1. The highest BCUT2D eigenvalue weighted by Crippen LogP contribution is 2.36. The third-order valence-corrected chi connectivity index (χ3v) is 5.44. The lowest BCUT2D eigenvalue weighted by molar-refractivity contribution is -0.145. The molecular weight excluding hydrogens is 584 g/mol. The van der Waals surface area contributed by atoms with Crippen molar-refractivity contribution in [2.75, 3.05) is 19.8 Å². The monoisotopic (exact) mass is 600 g/mol. The normalized spacial score (nSPS) is 11.1. The number of furan rings is 1. The van der Waals surface area contributed by atoms with Crippen molar-refractivity contribution in [1.82, 2.24) is 5.43 Å². The third kappa shape index (κ3) is 6.49. The van der Waals surface area contributed by atoms with Gasteiger partial charge in [-0.3, -0.25) is 4.79 Å². The van der Waals surface area contributed by atoms with E-state index >= 15 is 0 Å². The lowest BCUT2D eigenvalue weighted by atomic mass is 10.2. The second kappa shape index (κ2) is 11.5. The predicted molar refractivity (Wildman–Crippen MR) is 131 cm³/mol. The Morgan fingerprint density at radius 2 is 1.91 bits per heavy atom. The van der Waals surface area contributed by atoms with Crippen molar-refractivity contribution >= 4 is 72.5 Å². The van der Waals surface area contributed by atoms with E-state index in [1.165, 1.54) is 6.21 Å². The summed E-state index contributed by atoms with van der Waals surface area (Å²) in [5, 5.41) is 4.94. The average molecular weight is 603 g/mol. The van der Waals surface area contributed by atoms with E-state index in [1.54, 1.807) is 32.0 Å². The highest BCUT2D eigenvalue weighted by molar-refractivity contribution is 9.11. The van der Waals surface area contributed by atoms with E-state index < -0.39 is 11.9 Å². The van der Waals surface area contributed by atoms with Gasteiger partial charge in [0.2, 0.25) is 0 Å². The molecule has 1 N–H and O–H groups in total. The predicted octanol–water partition coefficient (Wildman–Crippen LogP) is 5.72. The summed E-state index contributed by atoms with van der Waals surface area (Å²) < 4.78 is 23.1. The number of amides is 1. The van der Waals surface area contributed by atoms with Crippen LogP contribution in [-0.4, -0.2) is 37.9 Å². The number of nitrogens with zero attached hydrogens (tertiary/aromatic N) is 1. The van der Waals surface area contributed by atoms with Crippen LogP contribution in [0.5, 0.6) is 11.5 Å². The molecule has 3 rings (SSSR count). The fraction of sp³-hybridized carbons (Fsp3) is 0.227. The minimum absolute atomic E-state index is 0.108. The molecular formula is C22H19Br2ClN2O6. The van der Waals surface area contributed by atoms with Gasteiger partial charge in [0.15, 0.2) is 23.9 Å². The molecule has 1 amide bonds.